The number of halogens is 1. The van der Waals surface area contributed by atoms with Crippen LogP contribution < -0.4 is 11.1 Å². The molecule has 0 spiro atoms. The van der Waals surface area contributed by atoms with Crippen molar-refractivity contribution in [1.29, 1.82) is 0 Å². The molecule has 3 amide bonds. The van der Waals surface area contributed by atoms with Crippen LogP contribution in [0.4, 0.5) is 14.9 Å². The van der Waals surface area contributed by atoms with E-state index in [1.807, 2.05) is 44.2 Å². The van der Waals surface area contributed by atoms with Crippen LogP contribution in [0.3, 0.4) is 0 Å². The smallest absolute Gasteiger partial charge is 0.322 e. The normalized spacial score (nSPS) is 11.9. The third kappa shape index (κ3) is 4.35. The molecule has 1 atom stereocenters. The van der Waals surface area contributed by atoms with E-state index < -0.39 is 11.7 Å². The van der Waals surface area contributed by atoms with E-state index in [9.17, 15) is 14.0 Å². The van der Waals surface area contributed by atoms with E-state index in [0.717, 1.165) is 11.6 Å². The van der Waals surface area contributed by atoms with Gasteiger partial charge in [0, 0.05) is 12.7 Å². The number of amides is 3. The quantitative estimate of drug-likeness (QED) is 0.867. The average Bonchev–Trinajstić information content (AvgIpc) is 2.55. The van der Waals surface area contributed by atoms with Gasteiger partial charge in [0.05, 0.1) is 11.6 Å². The van der Waals surface area contributed by atoms with E-state index in [4.69, 9.17) is 5.73 Å². The molecule has 2 rings (SSSR count). The number of rotatable bonds is 5. The highest BCUT2D eigenvalue weighted by molar-refractivity contribution is 5.94. The zero-order valence-corrected chi connectivity index (χ0v) is 14.5. The van der Waals surface area contributed by atoms with Crippen molar-refractivity contribution in [3.05, 3.63) is 65.5 Å². The molecule has 0 fully saturated rings. The Hall–Kier alpha value is -2.89. The van der Waals surface area contributed by atoms with E-state index in [0.29, 0.717) is 0 Å². The van der Waals surface area contributed by atoms with Crippen LogP contribution in [0.1, 0.15) is 35.8 Å². The van der Waals surface area contributed by atoms with Gasteiger partial charge in [0.1, 0.15) is 5.82 Å². The number of carbonyl (C=O) groups excluding carboxylic acids is 2. The molecule has 0 aromatic heterocycles. The molecule has 0 aliphatic rings. The maximum atomic E-state index is 13.8. The maximum absolute atomic E-state index is 13.8. The van der Waals surface area contributed by atoms with Crippen LogP contribution in [0.15, 0.2) is 48.5 Å². The highest BCUT2D eigenvalue weighted by Gasteiger charge is 2.24. The molecular weight excluding hydrogens is 321 g/mol. The monoisotopic (exact) mass is 343 g/mol. The van der Waals surface area contributed by atoms with Gasteiger partial charge in [0.25, 0.3) is 5.91 Å². The second kappa shape index (κ2) is 7.79. The molecule has 6 heteroatoms. The van der Waals surface area contributed by atoms with Crippen molar-refractivity contribution < 1.29 is 14.0 Å². The molecule has 132 valence electrons. The number of primary amides is 1. The molecule has 5 nitrogen and oxygen atoms in total. The van der Waals surface area contributed by atoms with E-state index in [-0.39, 0.29) is 29.2 Å². The van der Waals surface area contributed by atoms with Gasteiger partial charge in [-0.05, 0) is 29.7 Å². The summed E-state index contributed by atoms with van der Waals surface area (Å²) < 4.78 is 13.8. The van der Waals surface area contributed by atoms with Crippen LogP contribution in [0, 0.1) is 11.7 Å². The number of carbonyl (C=O) groups is 2. The van der Waals surface area contributed by atoms with Crippen molar-refractivity contribution in [2.24, 2.45) is 11.7 Å². The third-order valence-electron chi connectivity index (χ3n) is 4.00. The number of nitrogens with two attached hydrogens (primary N) is 1. The molecule has 3 N–H and O–H groups in total. The molecule has 25 heavy (non-hydrogen) atoms. The molecule has 0 unspecified atom stereocenters. The molecule has 0 saturated heterocycles. The largest absolute Gasteiger partial charge is 0.366 e. The summed E-state index contributed by atoms with van der Waals surface area (Å²) in [5.74, 6) is -1.43. The first kappa shape index (κ1) is 18.4. The van der Waals surface area contributed by atoms with Gasteiger partial charge in [0.15, 0.2) is 0 Å². The molecule has 0 aliphatic carbocycles. The van der Waals surface area contributed by atoms with Crippen molar-refractivity contribution in [2.45, 2.75) is 19.9 Å². The number of nitrogens with zero attached hydrogens (tertiary/aromatic N) is 1. The van der Waals surface area contributed by atoms with Crippen molar-refractivity contribution in [3.63, 3.8) is 0 Å². The average molecular weight is 343 g/mol. The van der Waals surface area contributed by atoms with Crippen LogP contribution in [0.2, 0.25) is 0 Å². The van der Waals surface area contributed by atoms with Crippen LogP contribution >= 0.6 is 0 Å². The number of anilines is 1. The Bertz CT molecular complexity index is 763. The van der Waals surface area contributed by atoms with Crippen LogP contribution in [0.25, 0.3) is 0 Å². The minimum Gasteiger partial charge on any atom is -0.366 e. The maximum Gasteiger partial charge on any atom is 0.322 e. The Kier molecular flexibility index (Phi) is 5.75. The summed E-state index contributed by atoms with van der Waals surface area (Å²) in [6.07, 6.45) is 0. The fourth-order valence-electron chi connectivity index (χ4n) is 2.84. The highest BCUT2D eigenvalue weighted by Crippen LogP contribution is 2.28. The molecule has 0 saturated carbocycles. The Morgan fingerprint density at radius 3 is 2.28 bits per heavy atom. The van der Waals surface area contributed by atoms with Crippen molar-refractivity contribution >= 4 is 17.6 Å². The lowest BCUT2D eigenvalue weighted by molar-refractivity contribution is 0.0996. The SMILES string of the molecule is CC(C)[C@@H](c1ccccc1)N(C)C(=O)Nc1ccc(C(N)=O)c(F)c1. The summed E-state index contributed by atoms with van der Waals surface area (Å²) in [4.78, 5) is 25.2. The topological polar surface area (TPSA) is 75.4 Å². The Morgan fingerprint density at radius 1 is 1.12 bits per heavy atom. The first-order valence-corrected chi connectivity index (χ1v) is 7.99. The fraction of sp³-hybridized carbons (Fsp3) is 0.263. The summed E-state index contributed by atoms with van der Waals surface area (Å²) in [6, 6.07) is 13.0. The summed E-state index contributed by atoms with van der Waals surface area (Å²) in [5, 5.41) is 2.65. The van der Waals surface area contributed by atoms with Gasteiger partial charge in [-0.3, -0.25) is 4.79 Å². The summed E-state index contributed by atoms with van der Waals surface area (Å²) in [6.45, 7) is 4.06. The molecule has 2 aromatic rings. The number of hydrogen-bond acceptors (Lipinski definition) is 2. The van der Waals surface area contributed by atoms with Crippen molar-refractivity contribution in [3.8, 4) is 0 Å². The summed E-state index contributed by atoms with van der Waals surface area (Å²) in [7, 11) is 1.70. The number of benzene rings is 2. The van der Waals surface area contributed by atoms with Crippen LogP contribution in [-0.2, 0) is 0 Å². The number of urea groups is 1. The van der Waals surface area contributed by atoms with Crippen molar-refractivity contribution in [2.75, 3.05) is 12.4 Å². The van der Waals surface area contributed by atoms with Crippen LogP contribution in [0.5, 0.6) is 0 Å². The van der Waals surface area contributed by atoms with Gasteiger partial charge in [-0.1, -0.05) is 44.2 Å². The van der Waals surface area contributed by atoms with Gasteiger partial charge < -0.3 is 16.0 Å². The molecule has 0 aliphatic heterocycles. The first-order chi connectivity index (χ1) is 11.8. The summed E-state index contributed by atoms with van der Waals surface area (Å²) in [5.41, 5.74) is 6.14. The zero-order chi connectivity index (χ0) is 18.6. The molecule has 0 heterocycles. The first-order valence-electron chi connectivity index (χ1n) is 7.99. The van der Waals surface area contributed by atoms with E-state index in [2.05, 4.69) is 5.32 Å². The van der Waals surface area contributed by atoms with Gasteiger partial charge in [0.2, 0.25) is 0 Å². The minimum atomic E-state index is -0.851. The van der Waals surface area contributed by atoms with E-state index in [1.165, 1.54) is 12.1 Å². The van der Waals surface area contributed by atoms with Gasteiger partial charge in [-0.2, -0.15) is 0 Å². The molecule has 0 bridgehead atoms. The number of nitrogens with one attached hydrogen (secondary N) is 1. The number of hydrogen-bond donors (Lipinski definition) is 2. The Labute approximate surface area is 146 Å². The zero-order valence-electron chi connectivity index (χ0n) is 14.5. The second-order valence-electron chi connectivity index (χ2n) is 6.20. The Balaban J connectivity index is 2.18. The third-order valence-corrected chi connectivity index (χ3v) is 4.00. The Morgan fingerprint density at radius 2 is 1.76 bits per heavy atom. The predicted octanol–water partition coefficient (Wildman–Crippen LogP) is 3.79. The highest BCUT2D eigenvalue weighted by atomic mass is 19.1. The lowest BCUT2D eigenvalue weighted by Crippen LogP contribution is -2.37. The van der Waals surface area contributed by atoms with Gasteiger partial charge in [-0.25, -0.2) is 9.18 Å². The van der Waals surface area contributed by atoms with Gasteiger partial charge >= 0.3 is 6.03 Å². The van der Waals surface area contributed by atoms with E-state index >= 15 is 0 Å². The standard InChI is InChI=1S/C19H22FN3O2/c1-12(2)17(13-7-5-4-6-8-13)23(3)19(25)22-14-9-10-15(18(21)24)16(20)11-14/h4-12,17H,1-3H3,(H2,21,24)(H,22,25)/t17-/m0/s1. The summed E-state index contributed by atoms with van der Waals surface area (Å²) >= 11 is 0. The lowest BCUT2D eigenvalue weighted by atomic mass is 9.95. The fourth-order valence-corrected chi connectivity index (χ4v) is 2.84. The van der Waals surface area contributed by atoms with E-state index in [1.54, 1.807) is 11.9 Å². The van der Waals surface area contributed by atoms with Crippen LogP contribution in [-0.4, -0.2) is 23.9 Å². The lowest BCUT2D eigenvalue weighted by Gasteiger charge is -2.31. The van der Waals surface area contributed by atoms with Crippen molar-refractivity contribution in [1.82, 2.24) is 4.90 Å². The second-order valence-corrected chi connectivity index (χ2v) is 6.20. The molecular formula is C19H22FN3O2. The van der Waals surface area contributed by atoms with Gasteiger partial charge in [-0.15, -0.1) is 0 Å². The molecule has 0 radical (unpaired) electrons. The molecule has 2 aromatic carbocycles. The predicted molar refractivity (Wildman–Crippen MR) is 95.7 cm³/mol. The minimum absolute atomic E-state index is 0.129.